The average molecular weight is 301 g/mol. The molecule has 1 saturated carbocycles. The lowest BCUT2D eigenvalue weighted by atomic mass is 10.1. The fraction of sp³-hybridized carbons (Fsp3) is 0.438. The third kappa shape index (κ3) is 3.92. The van der Waals surface area contributed by atoms with Gasteiger partial charge in [-0.15, -0.1) is 10.2 Å². The van der Waals surface area contributed by atoms with E-state index in [9.17, 15) is 4.79 Å². The van der Waals surface area contributed by atoms with Crippen LogP contribution in [-0.2, 0) is 11.3 Å². The molecule has 6 heteroatoms. The van der Waals surface area contributed by atoms with E-state index in [0.717, 1.165) is 28.9 Å². The molecule has 1 unspecified atom stereocenters. The number of amides is 1. The number of quaternary nitrogens is 1. The van der Waals surface area contributed by atoms with Crippen molar-refractivity contribution in [3.8, 4) is 11.5 Å². The first kappa shape index (κ1) is 14.7. The number of aromatic nitrogens is 2. The Hall–Kier alpha value is -2.21. The van der Waals surface area contributed by atoms with Crippen LogP contribution in [0.3, 0.4) is 0 Å². The van der Waals surface area contributed by atoms with Gasteiger partial charge in [-0.1, -0.05) is 17.7 Å². The normalized spacial score (nSPS) is 15.5. The predicted molar refractivity (Wildman–Crippen MR) is 81.1 cm³/mol. The number of hydrogen-bond acceptors (Lipinski definition) is 4. The van der Waals surface area contributed by atoms with Crippen LogP contribution >= 0.6 is 0 Å². The van der Waals surface area contributed by atoms with Gasteiger partial charge < -0.3 is 14.6 Å². The standard InChI is InChI=1S/C16H20N4O2/c1-11-4-3-5-12(8-11)16-19-18-15(22-16)10-20(2)9-14(21)17-13-6-7-13/h3-5,8,13H,6-7,9-10H2,1-2H3,(H,17,21)/p+1. The zero-order valence-corrected chi connectivity index (χ0v) is 12.9. The zero-order chi connectivity index (χ0) is 15.5. The molecule has 1 heterocycles. The highest BCUT2D eigenvalue weighted by Gasteiger charge is 2.24. The number of nitrogens with one attached hydrogen (secondary N) is 2. The molecule has 0 aliphatic heterocycles. The van der Waals surface area contributed by atoms with Crippen LogP contribution < -0.4 is 10.2 Å². The maximum absolute atomic E-state index is 11.8. The van der Waals surface area contributed by atoms with Gasteiger partial charge in [0.1, 0.15) is 0 Å². The highest BCUT2D eigenvalue weighted by atomic mass is 16.4. The quantitative estimate of drug-likeness (QED) is 0.807. The van der Waals surface area contributed by atoms with Crippen molar-refractivity contribution in [3.05, 3.63) is 35.7 Å². The van der Waals surface area contributed by atoms with Crippen LogP contribution in [0, 0.1) is 6.92 Å². The van der Waals surface area contributed by atoms with E-state index >= 15 is 0 Å². The molecule has 2 aromatic rings. The summed E-state index contributed by atoms with van der Waals surface area (Å²) >= 11 is 0. The van der Waals surface area contributed by atoms with Gasteiger partial charge >= 0.3 is 0 Å². The minimum atomic E-state index is 0.0819. The monoisotopic (exact) mass is 301 g/mol. The van der Waals surface area contributed by atoms with Crippen LogP contribution in [0.5, 0.6) is 0 Å². The maximum Gasteiger partial charge on any atom is 0.275 e. The summed E-state index contributed by atoms with van der Waals surface area (Å²) in [6.45, 7) is 2.98. The number of rotatable bonds is 6. The average Bonchev–Trinajstić information content (AvgIpc) is 3.14. The number of nitrogens with zero attached hydrogens (tertiary/aromatic N) is 2. The van der Waals surface area contributed by atoms with Crippen molar-refractivity contribution in [1.82, 2.24) is 15.5 Å². The van der Waals surface area contributed by atoms with Crippen LogP contribution in [0.1, 0.15) is 24.3 Å². The summed E-state index contributed by atoms with van der Waals surface area (Å²) in [6.07, 6.45) is 2.21. The predicted octanol–water partition coefficient (Wildman–Crippen LogP) is 0.338. The van der Waals surface area contributed by atoms with Gasteiger partial charge in [0.05, 0.1) is 7.05 Å². The van der Waals surface area contributed by atoms with Gasteiger partial charge in [0, 0.05) is 11.6 Å². The Morgan fingerprint density at radius 1 is 1.41 bits per heavy atom. The molecule has 2 N–H and O–H groups in total. The second kappa shape index (κ2) is 6.27. The second-order valence-electron chi connectivity index (χ2n) is 6.02. The molecule has 1 aliphatic carbocycles. The first-order chi connectivity index (χ1) is 10.6. The van der Waals surface area contributed by atoms with E-state index < -0.39 is 0 Å². The van der Waals surface area contributed by atoms with Crippen LogP contribution in [0.2, 0.25) is 0 Å². The third-order valence-corrected chi connectivity index (χ3v) is 3.59. The van der Waals surface area contributed by atoms with Crippen molar-refractivity contribution in [3.63, 3.8) is 0 Å². The number of likely N-dealkylation sites (N-methyl/N-ethyl adjacent to an activating group) is 1. The molecule has 0 spiro atoms. The van der Waals surface area contributed by atoms with E-state index in [1.54, 1.807) is 0 Å². The molecule has 0 radical (unpaired) electrons. The SMILES string of the molecule is Cc1cccc(-c2nnc(C[NH+](C)CC(=O)NC3CC3)o2)c1. The molecule has 0 bridgehead atoms. The Balaban J connectivity index is 1.57. The molecule has 116 valence electrons. The van der Waals surface area contributed by atoms with Gasteiger partial charge in [-0.3, -0.25) is 4.79 Å². The Morgan fingerprint density at radius 3 is 2.95 bits per heavy atom. The number of benzene rings is 1. The van der Waals surface area contributed by atoms with Crippen molar-refractivity contribution in [1.29, 1.82) is 0 Å². The fourth-order valence-electron chi connectivity index (χ4n) is 2.32. The number of carbonyl (C=O) groups excluding carboxylic acids is 1. The van der Waals surface area contributed by atoms with Crippen molar-refractivity contribution in [2.75, 3.05) is 13.6 Å². The minimum absolute atomic E-state index is 0.0819. The van der Waals surface area contributed by atoms with Crippen LogP contribution in [0.15, 0.2) is 28.7 Å². The Kier molecular flexibility index (Phi) is 4.20. The first-order valence-electron chi connectivity index (χ1n) is 7.60. The summed E-state index contributed by atoms with van der Waals surface area (Å²) in [6, 6.07) is 8.35. The summed E-state index contributed by atoms with van der Waals surface area (Å²) in [5.41, 5.74) is 2.07. The van der Waals surface area contributed by atoms with Gasteiger partial charge in [0.2, 0.25) is 5.89 Å². The van der Waals surface area contributed by atoms with Crippen LogP contribution in [0.4, 0.5) is 0 Å². The zero-order valence-electron chi connectivity index (χ0n) is 12.9. The van der Waals surface area contributed by atoms with Crippen molar-refractivity contribution < 1.29 is 14.1 Å². The minimum Gasteiger partial charge on any atom is -0.415 e. The number of hydrogen-bond donors (Lipinski definition) is 2. The molecule has 1 aromatic carbocycles. The van der Waals surface area contributed by atoms with Crippen molar-refractivity contribution in [2.24, 2.45) is 0 Å². The second-order valence-corrected chi connectivity index (χ2v) is 6.02. The summed E-state index contributed by atoms with van der Waals surface area (Å²) in [4.78, 5) is 12.8. The van der Waals surface area contributed by atoms with Gasteiger partial charge in [-0.05, 0) is 31.9 Å². The molecular weight excluding hydrogens is 280 g/mol. The van der Waals surface area contributed by atoms with E-state index in [4.69, 9.17) is 4.42 Å². The van der Waals surface area contributed by atoms with Crippen LogP contribution in [-0.4, -0.2) is 35.7 Å². The van der Waals surface area contributed by atoms with E-state index in [-0.39, 0.29) is 5.91 Å². The Labute approximate surface area is 129 Å². The lowest BCUT2D eigenvalue weighted by molar-refractivity contribution is -0.886. The maximum atomic E-state index is 11.8. The molecular formula is C16H21N4O2+. The van der Waals surface area contributed by atoms with Gasteiger partial charge in [0.25, 0.3) is 11.8 Å². The number of aryl methyl sites for hydroxylation is 1. The smallest absolute Gasteiger partial charge is 0.275 e. The Morgan fingerprint density at radius 2 is 2.23 bits per heavy atom. The summed E-state index contributed by atoms with van der Waals surface area (Å²) in [5, 5.41) is 11.1. The molecule has 1 fully saturated rings. The van der Waals surface area contributed by atoms with Crippen molar-refractivity contribution in [2.45, 2.75) is 32.4 Å². The van der Waals surface area contributed by atoms with E-state index in [1.165, 1.54) is 0 Å². The molecule has 1 aromatic heterocycles. The fourth-order valence-corrected chi connectivity index (χ4v) is 2.32. The Bertz CT molecular complexity index is 664. The van der Waals surface area contributed by atoms with Crippen molar-refractivity contribution >= 4 is 5.91 Å². The van der Waals surface area contributed by atoms with E-state index in [2.05, 4.69) is 15.5 Å². The van der Waals surface area contributed by atoms with Crippen LogP contribution in [0.25, 0.3) is 11.5 Å². The molecule has 1 aliphatic rings. The topological polar surface area (TPSA) is 72.5 Å². The van der Waals surface area contributed by atoms with Gasteiger partial charge in [-0.2, -0.15) is 0 Å². The molecule has 6 nitrogen and oxygen atoms in total. The lowest BCUT2D eigenvalue weighted by Gasteiger charge is -2.11. The van der Waals surface area contributed by atoms with E-state index in [1.807, 2.05) is 38.2 Å². The lowest BCUT2D eigenvalue weighted by Crippen LogP contribution is -3.09. The third-order valence-electron chi connectivity index (χ3n) is 3.59. The van der Waals surface area contributed by atoms with Gasteiger partial charge in [0.15, 0.2) is 13.1 Å². The molecule has 0 saturated heterocycles. The summed E-state index contributed by atoms with van der Waals surface area (Å²) in [5.74, 6) is 1.15. The molecule has 1 atom stereocenters. The molecule has 3 rings (SSSR count). The molecule has 22 heavy (non-hydrogen) atoms. The first-order valence-corrected chi connectivity index (χ1v) is 7.60. The largest absolute Gasteiger partial charge is 0.415 e. The highest BCUT2D eigenvalue weighted by Crippen LogP contribution is 2.19. The summed E-state index contributed by atoms with van der Waals surface area (Å²) < 4.78 is 5.70. The highest BCUT2D eigenvalue weighted by molar-refractivity contribution is 5.77. The van der Waals surface area contributed by atoms with E-state index in [0.29, 0.717) is 30.9 Å². The summed E-state index contributed by atoms with van der Waals surface area (Å²) in [7, 11) is 1.95. The molecule has 1 amide bonds. The number of carbonyl (C=O) groups is 1. The van der Waals surface area contributed by atoms with Gasteiger partial charge in [-0.25, -0.2) is 0 Å².